The van der Waals surface area contributed by atoms with Crippen molar-refractivity contribution in [3.63, 3.8) is 0 Å². The van der Waals surface area contributed by atoms with Gasteiger partial charge in [0.25, 0.3) is 0 Å². The van der Waals surface area contributed by atoms with E-state index in [0.29, 0.717) is 0 Å². The molecular weight excluding hydrogens is 464 g/mol. The Hall–Kier alpha value is -3.40. The zero-order valence-electron chi connectivity index (χ0n) is 17.5. The average molecular weight is 493 g/mol. The fourth-order valence-corrected chi connectivity index (χ4v) is 2.63. The molecule has 5 amide bonds. The third-order valence-electron chi connectivity index (χ3n) is 4.15. The fraction of sp³-hybridized carbons (Fsp3) is 0.588. The first kappa shape index (κ1) is 29.6. The molecule has 0 fully saturated rings. The van der Waals surface area contributed by atoms with Crippen LogP contribution in [0.25, 0.3) is 0 Å². The number of carbonyl (C=O) groups is 7. The molecular formula is C17H28N6O9S. The number of hydrogen-bond acceptors (Lipinski definition) is 9. The topological polar surface area (TPSA) is 274 Å². The Balaban J connectivity index is 5.48. The molecule has 33 heavy (non-hydrogen) atoms. The van der Waals surface area contributed by atoms with Crippen molar-refractivity contribution in [1.29, 1.82) is 0 Å². The highest BCUT2D eigenvalue weighted by Gasteiger charge is 2.31. The number of nitrogens with two attached hydrogens (primary N) is 3. The first-order chi connectivity index (χ1) is 15.3. The van der Waals surface area contributed by atoms with Crippen LogP contribution in [-0.4, -0.2) is 81.6 Å². The lowest BCUT2D eigenvalue weighted by Crippen LogP contribution is -2.58. The molecule has 0 rings (SSSR count). The van der Waals surface area contributed by atoms with Gasteiger partial charge in [0.2, 0.25) is 29.5 Å². The van der Waals surface area contributed by atoms with Gasteiger partial charge in [0.1, 0.15) is 18.1 Å². The van der Waals surface area contributed by atoms with Crippen LogP contribution in [-0.2, 0) is 33.6 Å². The van der Waals surface area contributed by atoms with E-state index in [1.165, 1.54) is 0 Å². The van der Waals surface area contributed by atoms with E-state index in [2.05, 4.69) is 28.6 Å². The second kappa shape index (κ2) is 14.6. The van der Waals surface area contributed by atoms with Gasteiger partial charge < -0.3 is 43.4 Å². The van der Waals surface area contributed by atoms with E-state index in [1.807, 2.05) is 0 Å². The van der Waals surface area contributed by atoms with Crippen molar-refractivity contribution in [2.75, 3.05) is 5.75 Å². The largest absolute Gasteiger partial charge is 0.481 e. The summed E-state index contributed by atoms with van der Waals surface area (Å²) in [6.07, 6.45) is -2.01. The van der Waals surface area contributed by atoms with Gasteiger partial charge in [-0.25, -0.2) is 4.79 Å². The van der Waals surface area contributed by atoms with Crippen LogP contribution in [0.1, 0.15) is 32.1 Å². The minimum atomic E-state index is -1.61. The van der Waals surface area contributed by atoms with Crippen LogP contribution < -0.4 is 33.2 Å². The third kappa shape index (κ3) is 12.3. The normalized spacial score (nSPS) is 14.1. The monoisotopic (exact) mass is 492 g/mol. The summed E-state index contributed by atoms with van der Waals surface area (Å²) in [6, 6.07) is -5.76. The number of thiol groups is 1. The molecule has 0 saturated heterocycles. The van der Waals surface area contributed by atoms with E-state index in [0.717, 1.165) is 0 Å². The number of amides is 5. The highest BCUT2D eigenvalue weighted by molar-refractivity contribution is 7.80. The van der Waals surface area contributed by atoms with Gasteiger partial charge in [0, 0.05) is 18.6 Å². The van der Waals surface area contributed by atoms with E-state index < -0.39 is 78.5 Å². The predicted molar refractivity (Wildman–Crippen MR) is 114 cm³/mol. The van der Waals surface area contributed by atoms with Gasteiger partial charge in [-0.15, -0.1) is 0 Å². The summed E-state index contributed by atoms with van der Waals surface area (Å²) < 4.78 is 0. The Bertz CT molecular complexity index is 778. The Morgan fingerprint density at radius 1 is 0.727 bits per heavy atom. The third-order valence-corrected chi connectivity index (χ3v) is 4.52. The van der Waals surface area contributed by atoms with E-state index in [4.69, 9.17) is 27.4 Å². The molecule has 0 bridgehead atoms. The summed E-state index contributed by atoms with van der Waals surface area (Å²) in [4.78, 5) is 81.5. The first-order valence-corrected chi connectivity index (χ1v) is 10.2. The maximum Gasteiger partial charge on any atom is 0.327 e. The van der Waals surface area contributed by atoms with Gasteiger partial charge >= 0.3 is 11.9 Å². The van der Waals surface area contributed by atoms with Crippen LogP contribution in [0.5, 0.6) is 0 Å². The molecule has 15 nitrogen and oxygen atoms in total. The number of rotatable bonds is 16. The maximum atomic E-state index is 12.7. The van der Waals surface area contributed by atoms with E-state index in [1.54, 1.807) is 0 Å². The van der Waals surface area contributed by atoms with Crippen molar-refractivity contribution < 1.29 is 43.8 Å². The molecule has 4 unspecified atom stereocenters. The lowest BCUT2D eigenvalue weighted by Gasteiger charge is -2.24. The number of carboxylic acid groups (broad SMARTS) is 2. The summed E-state index contributed by atoms with van der Waals surface area (Å²) >= 11 is 3.79. The summed E-state index contributed by atoms with van der Waals surface area (Å²) in [5.41, 5.74) is 15.7. The summed E-state index contributed by atoms with van der Waals surface area (Å²) in [5.74, 6) is -7.67. The van der Waals surface area contributed by atoms with Gasteiger partial charge in [-0.2, -0.15) is 12.6 Å². The molecule has 0 aliphatic rings. The lowest BCUT2D eigenvalue weighted by molar-refractivity contribution is -0.142. The Kier molecular flexibility index (Phi) is 13.1. The average Bonchev–Trinajstić information content (AvgIpc) is 2.71. The predicted octanol–water partition coefficient (Wildman–Crippen LogP) is -4.21. The van der Waals surface area contributed by atoms with Crippen molar-refractivity contribution >= 4 is 54.1 Å². The molecule has 0 radical (unpaired) electrons. The molecule has 186 valence electrons. The molecule has 0 aliphatic heterocycles. The second-order valence-corrected chi connectivity index (χ2v) is 7.28. The Morgan fingerprint density at radius 2 is 1.24 bits per heavy atom. The van der Waals surface area contributed by atoms with Crippen LogP contribution >= 0.6 is 12.6 Å². The van der Waals surface area contributed by atoms with Crippen LogP contribution in [0, 0.1) is 0 Å². The van der Waals surface area contributed by atoms with E-state index >= 15 is 0 Å². The van der Waals surface area contributed by atoms with Gasteiger partial charge in [-0.05, 0) is 12.8 Å². The minimum Gasteiger partial charge on any atom is -0.481 e. The number of carbonyl (C=O) groups excluding carboxylic acids is 5. The maximum absolute atomic E-state index is 12.7. The Labute approximate surface area is 193 Å². The molecule has 0 aromatic carbocycles. The molecule has 11 N–H and O–H groups in total. The SMILES string of the molecule is NC(=O)CCC(NC(=O)C(N)CCC(=O)O)C(=O)NC(CC(N)=O)C(=O)NC(CS)C(=O)O. The molecule has 0 aromatic heterocycles. The molecule has 0 spiro atoms. The van der Waals surface area contributed by atoms with Gasteiger partial charge in [-0.1, -0.05) is 0 Å². The molecule has 4 atom stereocenters. The highest BCUT2D eigenvalue weighted by Crippen LogP contribution is 2.03. The van der Waals surface area contributed by atoms with Crippen molar-refractivity contribution in [3.05, 3.63) is 0 Å². The number of nitrogens with one attached hydrogen (secondary N) is 3. The molecule has 16 heteroatoms. The lowest BCUT2D eigenvalue weighted by atomic mass is 10.1. The van der Waals surface area contributed by atoms with E-state index in [-0.39, 0.29) is 25.0 Å². The van der Waals surface area contributed by atoms with Crippen LogP contribution in [0.3, 0.4) is 0 Å². The standard InChI is InChI=1S/C17H28N6O9S/c18-7(1-4-13(26)27)14(28)21-8(2-3-11(19)24)15(29)22-9(5-12(20)25)16(30)23-10(6-33)17(31)32/h7-10,33H,1-6,18H2,(H2,19,24)(H2,20,25)(H,21,28)(H,22,29)(H,23,30)(H,26,27)(H,31,32). The molecule has 0 aliphatic carbocycles. The zero-order valence-corrected chi connectivity index (χ0v) is 18.4. The molecule has 0 heterocycles. The summed E-state index contributed by atoms with van der Waals surface area (Å²) in [6.45, 7) is 0. The number of primary amides is 2. The van der Waals surface area contributed by atoms with Crippen LogP contribution in [0.2, 0.25) is 0 Å². The quantitative estimate of drug-likeness (QED) is 0.0936. The summed E-state index contributed by atoms with van der Waals surface area (Å²) in [5, 5.41) is 24.2. The second-order valence-electron chi connectivity index (χ2n) is 6.92. The van der Waals surface area contributed by atoms with Crippen LogP contribution in [0.4, 0.5) is 0 Å². The van der Waals surface area contributed by atoms with Gasteiger partial charge in [0.15, 0.2) is 0 Å². The number of aliphatic carboxylic acids is 2. The first-order valence-electron chi connectivity index (χ1n) is 9.57. The van der Waals surface area contributed by atoms with Gasteiger partial charge in [0.05, 0.1) is 12.5 Å². The van der Waals surface area contributed by atoms with Crippen molar-refractivity contribution in [3.8, 4) is 0 Å². The van der Waals surface area contributed by atoms with Crippen LogP contribution in [0.15, 0.2) is 0 Å². The van der Waals surface area contributed by atoms with Crippen molar-refractivity contribution in [2.24, 2.45) is 17.2 Å². The smallest absolute Gasteiger partial charge is 0.327 e. The van der Waals surface area contributed by atoms with Gasteiger partial charge in [-0.3, -0.25) is 28.8 Å². The number of carboxylic acids is 2. The minimum absolute atomic E-state index is 0.238. The summed E-state index contributed by atoms with van der Waals surface area (Å²) in [7, 11) is 0. The van der Waals surface area contributed by atoms with E-state index in [9.17, 15) is 33.6 Å². The number of hydrogen-bond donors (Lipinski definition) is 9. The fourth-order valence-electron chi connectivity index (χ4n) is 2.38. The van der Waals surface area contributed by atoms with Crippen molar-refractivity contribution in [2.45, 2.75) is 56.3 Å². The molecule has 0 aromatic rings. The molecule has 0 saturated carbocycles. The highest BCUT2D eigenvalue weighted by atomic mass is 32.1. The van der Waals surface area contributed by atoms with Crippen molar-refractivity contribution in [1.82, 2.24) is 16.0 Å². The zero-order chi connectivity index (χ0) is 25.7. The Morgan fingerprint density at radius 3 is 1.70 bits per heavy atom.